The molecule has 0 spiro atoms. The molecule has 2 rings (SSSR count). The van der Waals surface area contributed by atoms with Crippen LogP contribution in [0.1, 0.15) is 37.0 Å². The Labute approximate surface area is 145 Å². The normalized spacial score (nSPS) is 17.8. The summed E-state index contributed by atoms with van der Waals surface area (Å²) in [5.74, 6) is 0.118. The third kappa shape index (κ3) is 3.64. The Morgan fingerprint density at radius 3 is 2.04 bits per heavy atom. The number of amides is 1. The maximum Gasteiger partial charge on any atom is 0.243 e. The van der Waals surface area contributed by atoms with Crippen molar-refractivity contribution in [2.45, 2.75) is 45.9 Å². The van der Waals surface area contributed by atoms with Gasteiger partial charge in [0.25, 0.3) is 0 Å². The quantitative estimate of drug-likeness (QED) is 0.836. The molecule has 6 heteroatoms. The van der Waals surface area contributed by atoms with Gasteiger partial charge >= 0.3 is 0 Å². The number of piperazine rings is 1. The summed E-state index contributed by atoms with van der Waals surface area (Å²) in [4.78, 5) is 14.5. The first-order valence-corrected chi connectivity index (χ1v) is 9.99. The molecule has 0 radical (unpaired) electrons. The van der Waals surface area contributed by atoms with Gasteiger partial charge in [0.15, 0.2) is 0 Å². The van der Waals surface area contributed by atoms with Gasteiger partial charge in [0.05, 0.1) is 4.90 Å². The van der Waals surface area contributed by atoms with E-state index >= 15 is 0 Å². The van der Waals surface area contributed by atoms with Crippen LogP contribution in [-0.4, -0.2) is 49.7 Å². The molecule has 0 aromatic heterocycles. The Hall–Kier alpha value is -1.40. The molecular weight excluding hydrogens is 324 g/mol. The van der Waals surface area contributed by atoms with Crippen LogP contribution in [0.4, 0.5) is 0 Å². The van der Waals surface area contributed by atoms with Crippen molar-refractivity contribution in [1.82, 2.24) is 9.21 Å². The molecule has 0 unspecified atom stereocenters. The summed E-state index contributed by atoms with van der Waals surface area (Å²) >= 11 is 0. The maximum absolute atomic E-state index is 13.0. The number of nitrogens with zero attached hydrogens (tertiary/aromatic N) is 2. The molecule has 1 saturated heterocycles. The molecule has 1 aliphatic rings. The fourth-order valence-electron chi connectivity index (χ4n) is 3.34. The zero-order valence-electron chi connectivity index (χ0n) is 15.3. The molecule has 1 aromatic rings. The lowest BCUT2D eigenvalue weighted by Gasteiger charge is -2.35. The third-order valence-corrected chi connectivity index (χ3v) is 6.99. The second-order valence-corrected chi connectivity index (χ2v) is 8.64. The SMILES string of the molecule is CC[C@@H](C)C(=O)N1CCN(S(=O)(=O)c2c(C)cc(C)cc2C)CC1. The van der Waals surface area contributed by atoms with Crippen molar-refractivity contribution >= 4 is 15.9 Å². The zero-order valence-corrected chi connectivity index (χ0v) is 16.1. The van der Waals surface area contributed by atoms with Gasteiger partial charge in [-0.25, -0.2) is 8.42 Å². The molecule has 1 aliphatic heterocycles. The summed E-state index contributed by atoms with van der Waals surface area (Å²) in [5, 5.41) is 0. The molecule has 1 fully saturated rings. The molecule has 1 heterocycles. The zero-order chi connectivity index (χ0) is 18.1. The summed E-state index contributed by atoms with van der Waals surface area (Å²) in [6.45, 7) is 11.2. The Morgan fingerprint density at radius 1 is 1.08 bits per heavy atom. The molecule has 1 atom stereocenters. The van der Waals surface area contributed by atoms with Crippen molar-refractivity contribution in [3.8, 4) is 0 Å². The Bertz CT molecular complexity index is 697. The van der Waals surface area contributed by atoms with E-state index in [1.165, 1.54) is 4.31 Å². The van der Waals surface area contributed by atoms with Crippen molar-refractivity contribution in [3.63, 3.8) is 0 Å². The average molecular weight is 353 g/mol. The highest BCUT2D eigenvalue weighted by molar-refractivity contribution is 7.89. The van der Waals surface area contributed by atoms with Crippen LogP contribution in [0.25, 0.3) is 0 Å². The van der Waals surface area contributed by atoms with Gasteiger partial charge in [-0.2, -0.15) is 4.31 Å². The average Bonchev–Trinajstić information content (AvgIpc) is 2.52. The molecule has 0 bridgehead atoms. The van der Waals surface area contributed by atoms with E-state index in [9.17, 15) is 13.2 Å². The van der Waals surface area contributed by atoms with Gasteiger partial charge in [0, 0.05) is 32.1 Å². The van der Waals surface area contributed by atoms with Gasteiger partial charge < -0.3 is 4.90 Å². The van der Waals surface area contributed by atoms with E-state index in [-0.39, 0.29) is 11.8 Å². The summed E-state index contributed by atoms with van der Waals surface area (Å²) < 4.78 is 27.6. The molecule has 5 nitrogen and oxygen atoms in total. The first kappa shape index (κ1) is 18.9. The highest BCUT2D eigenvalue weighted by Crippen LogP contribution is 2.26. The Morgan fingerprint density at radius 2 is 1.58 bits per heavy atom. The van der Waals surface area contributed by atoms with Crippen LogP contribution in [0.3, 0.4) is 0 Å². The maximum atomic E-state index is 13.0. The van der Waals surface area contributed by atoms with Crippen molar-refractivity contribution < 1.29 is 13.2 Å². The number of carbonyl (C=O) groups is 1. The molecule has 0 saturated carbocycles. The van der Waals surface area contributed by atoms with Crippen molar-refractivity contribution in [3.05, 3.63) is 28.8 Å². The van der Waals surface area contributed by atoms with E-state index in [2.05, 4.69) is 0 Å². The van der Waals surface area contributed by atoms with Gasteiger partial charge in [0.2, 0.25) is 15.9 Å². The summed E-state index contributed by atoms with van der Waals surface area (Å²) in [7, 11) is -3.52. The van der Waals surface area contributed by atoms with E-state index < -0.39 is 10.0 Å². The highest BCUT2D eigenvalue weighted by atomic mass is 32.2. The second-order valence-electron chi connectivity index (χ2n) is 6.77. The molecular formula is C18H28N2O3S. The minimum absolute atomic E-state index is 0.00487. The number of sulfonamides is 1. The molecule has 134 valence electrons. The standard InChI is InChI=1S/C18H28N2O3S/c1-6-14(3)18(21)19-7-9-20(10-8-19)24(22,23)17-15(4)11-13(2)12-16(17)5/h11-12,14H,6-10H2,1-5H3/t14-/m1/s1. The van der Waals surface area contributed by atoms with Gasteiger partial charge in [-0.15, -0.1) is 0 Å². The Kier molecular flexibility index (Phi) is 5.71. The molecule has 1 aromatic carbocycles. The van der Waals surface area contributed by atoms with Crippen LogP contribution in [0.15, 0.2) is 17.0 Å². The van der Waals surface area contributed by atoms with Crippen LogP contribution in [0.2, 0.25) is 0 Å². The minimum atomic E-state index is -3.52. The van der Waals surface area contributed by atoms with Gasteiger partial charge in [-0.05, 0) is 38.3 Å². The van der Waals surface area contributed by atoms with Crippen LogP contribution in [0, 0.1) is 26.7 Å². The molecule has 24 heavy (non-hydrogen) atoms. The fraction of sp³-hybridized carbons (Fsp3) is 0.611. The largest absolute Gasteiger partial charge is 0.340 e. The molecule has 0 aliphatic carbocycles. The summed E-state index contributed by atoms with van der Waals surface area (Å²) in [6.07, 6.45) is 0.805. The van der Waals surface area contributed by atoms with Gasteiger partial charge in [-0.1, -0.05) is 31.5 Å². The predicted molar refractivity (Wildman–Crippen MR) is 95.4 cm³/mol. The second kappa shape index (κ2) is 7.23. The van der Waals surface area contributed by atoms with E-state index in [4.69, 9.17) is 0 Å². The van der Waals surface area contributed by atoms with Crippen molar-refractivity contribution in [2.24, 2.45) is 5.92 Å². The van der Waals surface area contributed by atoms with E-state index in [1.54, 1.807) is 4.90 Å². The number of benzene rings is 1. The monoisotopic (exact) mass is 352 g/mol. The number of rotatable bonds is 4. The smallest absolute Gasteiger partial charge is 0.243 e. The summed E-state index contributed by atoms with van der Waals surface area (Å²) in [6, 6.07) is 3.81. The first-order chi connectivity index (χ1) is 11.2. The van der Waals surface area contributed by atoms with E-state index in [0.717, 1.165) is 23.1 Å². The lowest BCUT2D eigenvalue weighted by atomic mass is 10.1. The van der Waals surface area contributed by atoms with E-state index in [0.29, 0.717) is 31.1 Å². The van der Waals surface area contributed by atoms with Crippen LogP contribution < -0.4 is 0 Å². The lowest BCUT2D eigenvalue weighted by Crippen LogP contribution is -2.51. The van der Waals surface area contributed by atoms with E-state index in [1.807, 2.05) is 46.8 Å². The van der Waals surface area contributed by atoms with Gasteiger partial charge in [-0.3, -0.25) is 4.79 Å². The highest BCUT2D eigenvalue weighted by Gasteiger charge is 2.32. The van der Waals surface area contributed by atoms with Crippen molar-refractivity contribution in [1.29, 1.82) is 0 Å². The molecule has 1 amide bonds. The fourth-order valence-corrected chi connectivity index (χ4v) is 5.17. The number of aryl methyl sites for hydroxylation is 3. The first-order valence-electron chi connectivity index (χ1n) is 8.55. The predicted octanol–water partition coefficient (Wildman–Crippen LogP) is 2.49. The summed E-state index contributed by atoms with van der Waals surface area (Å²) in [5.41, 5.74) is 2.63. The van der Waals surface area contributed by atoms with Crippen LogP contribution >= 0.6 is 0 Å². The van der Waals surface area contributed by atoms with Gasteiger partial charge in [0.1, 0.15) is 0 Å². The third-order valence-electron chi connectivity index (χ3n) is 4.79. The molecule has 0 N–H and O–H groups in total. The lowest BCUT2D eigenvalue weighted by molar-refractivity contribution is -0.136. The van der Waals surface area contributed by atoms with Crippen molar-refractivity contribution in [2.75, 3.05) is 26.2 Å². The minimum Gasteiger partial charge on any atom is -0.340 e. The number of hydrogen-bond donors (Lipinski definition) is 0. The number of hydrogen-bond acceptors (Lipinski definition) is 3. The van der Waals surface area contributed by atoms with Crippen LogP contribution in [0.5, 0.6) is 0 Å². The Balaban J connectivity index is 2.18. The number of carbonyl (C=O) groups excluding carboxylic acids is 1. The topological polar surface area (TPSA) is 57.7 Å². The van der Waals surface area contributed by atoms with Crippen LogP contribution in [-0.2, 0) is 14.8 Å².